The number of benzene rings is 1. The molecule has 5 nitrogen and oxygen atoms in total. The van der Waals surface area contributed by atoms with Crippen molar-refractivity contribution >= 4 is 5.91 Å². The van der Waals surface area contributed by atoms with E-state index in [1.54, 1.807) is 0 Å². The fourth-order valence-electron chi connectivity index (χ4n) is 3.16. The van der Waals surface area contributed by atoms with Gasteiger partial charge in [-0.05, 0) is 44.5 Å². The Morgan fingerprint density at radius 3 is 2.73 bits per heavy atom. The molecule has 1 aromatic carbocycles. The number of hydrogen-bond acceptors (Lipinski definition) is 4. The molecular weight excluding hydrogens is 280 g/mol. The number of fused-ring (bicyclic) bond motifs is 1. The van der Waals surface area contributed by atoms with Crippen LogP contribution in [-0.4, -0.2) is 49.2 Å². The zero-order chi connectivity index (χ0) is 15.4. The summed E-state index contributed by atoms with van der Waals surface area (Å²) in [7, 11) is 0. The summed E-state index contributed by atoms with van der Waals surface area (Å²) in [5.74, 6) is 1.44. The molecule has 1 saturated heterocycles. The highest BCUT2D eigenvalue weighted by Gasteiger charge is 2.34. The highest BCUT2D eigenvalue weighted by molar-refractivity contribution is 5.82. The topological polar surface area (TPSA) is 50.8 Å². The van der Waals surface area contributed by atoms with Gasteiger partial charge < -0.3 is 19.7 Å². The molecular formula is C17H24N2O3. The molecule has 1 fully saturated rings. The van der Waals surface area contributed by atoms with E-state index in [1.807, 2.05) is 29.2 Å². The standard InChI is InChI=1S/C17H24N2O3/c1-2-11-19(13-7-9-18-10-8-13)17(20)16-12-21-14-5-3-4-6-15(14)22-16/h3-6,13,16,18H,2,7-12H2,1H3. The van der Waals surface area contributed by atoms with Crippen LogP contribution in [0, 0.1) is 0 Å². The molecule has 2 aliphatic rings. The highest BCUT2D eigenvalue weighted by Crippen LogP contribution is 2.31. The number of piperidine rings is 1. The summed E-state index contributed by atoms with van der Waals surface area (Å²) < 4.78 is 11.6. The Hall–Kier alpha value is -1.75. The predicted octanol–water partition coefficient (Wildman–Crippen LogP) is 1.82. The molecule has 2 heterocycles. The summed E-state index contributed by atoms with van der Waals surface area (Å²) in [6.07, 6.45) is 2.45. The van der Waals surface area contributed by atoms with Crippen LogP contribution >= 0.6 is 0 Å². The molecule has 22 heavy (non-hydrogen) atoms. The van der Waals surface area contributed by atoms with Gasteiger partial charge in [0.2, 0.25) is 6.10 Å². The van der Waals surface area contributed by atoms with E-state index in [0.717, 1.165) is 44.6 Å². The SMILES string of the molecule is CCCN(C(=O)C1COc2ccccc2O1)C1CCNCC1. The highest BCUT2D eigenvalue weighted by atomic mass is 16.6. The van der Waals surface area contributed by atoms with Crippen molar-refractivity contribution in [3.8, 4) is 11.5 Å². The Labute approximate surface area is 131 Å². The predicted molar refractivity (Wildman–Crippen MR) is 84.2 cm³/mol. The molecule has 1 aromatic rings. The Kier molecular flexibility index (Phi) is 4.83. The Balaban J connectivity index is 1.70. The molecule has 0 bridgehead atoms. The van der Waals surface area contributed by atoms with Crippen LogP contribution in [0.5, 0.6) is 11.5 Å². The second kappa shape index (κ2) is 7.01. The smallest absolute Gasteiger partial charge is 0.267 e. The van der Waals surface area contributed by atoms with Crippen LogP contribution in [0.2, 0.25) is 0 Å². The summed E-state index contributed by atoms with van der Waals surface area (Å²) in [6, 6.07) is 7.83. The summed E-state index contributed by atoms with van der Waals surface area (Å²) in [4.78, 5) is 14.9. The number of hydrogen-bond donors (Lipinski definition) is 1. The fraction of sp³-hybridized carbons (Fsp3) is 0.588. The fourth-order valence-corrected chi connectivity index (χ4v) is 3.16. The lowest BCUT2D eigenvalue weighted by molar-refractivity contribution is -0.144. The van der Waals surface area contributed by atoms with Gasteiger partial charge in [-0.3, -0.25) is 4.79 Å². The van der Waals surface area contributed by atoms with Gasteiger partial charge in [-0.25, -0.2) is 0 Å². The molecule has 0 saturated carbocycles. The number of para-hydroxylation sites is 2. The van der Waals surface area contributed by atoms with Gasteiger partial charge in [0.1, 0.15) is 6.61 Å². The van der Waals surface area contributed by atoms with Crippen LogP contribution in [0.25, 0.3) is 0 Å². The molecule has 0 aromatic heterocycles. The number of ether oxygens (including phenoxy) is 2. The maximum absolute atomic E-state index is 12.9. The van der Waals surface area contributed by atoms with Crippen molar-refractivity contribution < 1.29 is 14.3 Å². The summed E-state index contributed by atoms with van der Waals surface area (Å²) >= 11 is 0. The van der Waals surface area contributed by atoms with Crippen LogP contribution in [0.3, 0.4) is 0 Å². The van der Waals surface area contributed by atoms with Gasteiger partial charge in [0.15, 0.2) is 11.5 Å². The van der Waals surface area contributed by atoms with Gasteiger partial charge in [-0.2, -0.15) is 0 Å². The average molecular weight is 304 g/mol. The third-order valence-corrected chi connectivity index (χ3v) is 4.28. The van der Waals surface area contributed by atoms with Crippen molar-refractivity contribution in [2.45, 2.75) is 38.3 Å². The first-order valence-electron chi connectivity index (χ1n) is 8.19. The Bertz CT molecular complexity index is 514. The molecule has 5 heteroatoms. The quantitative estimate of drug-likeness (QED) is 0.922. The summed E-state index contributed by atoms with van der Waals surface area (Å²) in [5, 5.41) is 3.35. The van der Waals surface area contributed by atoms with Gasteiger partial charge in [-0.1, -0.05) is 19.1 Å². The third kappa shape index (κ3) is 3.19. The van der Waals surface area contributed by atoms with Gasteiger partial charge in [0.25, 0.3) is 5.91 Å². The van der Waals surface area contributed by atoms with Gasteiger partial charge in [0, 0.05) is 12.6 Å². The second-order valence-electron chi connectivity index (χ2n) is 5.88. The van der Waals surface area contributed by atoms with E-state index in [2.05, 4.69) is 12.2 Å². The maximum atomic E-state index is 12.9. The van der Waals surface area contributed by atoms with E-state index < -0.39 is 6.10 Å². The number of nitrogens with zero attached hydrogens (tertiary/aromatic N) is 1. The van der Waals surface area contributed by atoms with E-state index in [1.165, 1.54) is 0 Å². The first-order valence-corrected chi connectivity index (χ1v) is 8.19. The van der Waals surface area contributed by atoms with E-state index in [0.29, 0.717) is 18.4 Å². The largest absolute Gasteiger partial charge is 0.485 e. The summed E-state index contributed by atoms with van der Waals surface area (Å²) in [6.45, 7) is 5.13. The van der Waals surface area contributed by atoms with Gasteiger partial charge in [0.05, 0.1) is 0 Å². The molecule has 0 spiro atoms. The normalized spacial score (nSPS) is 21.4. The number of carbonyl (C=O) groups is 1. The minimum atomic E-state index is -0.531. The number of nitrogens with one attached hydrogen (secondary N) is 1. The van der Waals surface area contributed by atoms with Gasteiger partial charge in [-0.15, -0.1) is 0 Å². The minimum absolute atomic E-state index is 0.0586. The van der Waals surface area contributed by atoms with Crippen molar-refractivity contribution in [3.63, 3.8) is 0 Å². The molecule has 1 N–H and O–H groups in total. The van der Waals surface area contributed by atoms with Crippen LogP contribution in [-0.2, 0) is 4.79 Å². The minimum Gasteiger partial charge on any atom is -0.485 e. The second-order valence-corrected chi connectivity index (χ2v) is 5.88. The lowest BCUT2D eigenvalue weighted by atomic mass is 10.0. The molecule has 3 rings (SSSR count). The molecule has 120 valence electrons. The van der Waals surface area contributed by atoms with E-state index in [9.17, 15) is 4.79 Å². The molecule has 0 aliphatic carbocycles. The molecule has 0 radical (unpaired) electrons. The van der Waals surface area contributed by atoms with E-state index in [-0.39, 0.29) is 5.91 Å². The van der Waals surface area contributed by atoms with Crippen molar-refractivity contribution in [1.29, 1.82) is 0 Å². The monoisotopic (exact) mass is 304 g/mol. The van der Waals surface area contributed by atoms with Crippen LogP contribution in [0.15, 0.2) is 24.3 Å². The zero-order valence-corrected chi connectivity index (χ0v) is 13.1. The van der Waals surface area contributed by atoms with Crippen LogP contribution < -0.4 is 14.8 Å². The Morgan fingerprint density at radius 1 is 1.27 bits per heavy atom. The van der Waals surface area contributed by atoms with Crippen LogP contribution in [0.1, 0.15) is 26.2 Å². The lowest BCUT2D eigenvalue weighted by Gasteiger charge is -2.37. The Morgan fingerprint density at radius 2 is 2.00 bits per heavy atom. The van der Waals surface area contributed by atoms with Crippen molar-refractivity contribution in [2.75, 3.05) is 26.2 Å². The zero-order valence-electron chi connectivity index (χ0n) is 13.1. The van der Waals surface area contributed by atoms with E-state index in [4.69, 9.17) is 9.47 Å². The molecule has 2 aliphatic heterocycles. The van der Waals surface area contributed by atoms with Gasteiger partial charge >= 0.3 is 0 Å². The number of amides is 1. The average Bonchev–Trinajstić information content (AvgIpc) is 2.59. The van der Waals surface area contributed by atoms with Crippen molar-refractivity contribution in [3.05, 3.63) is 24.3 Å². The molecule has 1 amide bonds. The number of rotatable bonds is 4. The molecule has 1 atom stereocenters. The number of carbonyl (C=O) groups excluding carboxylic acids is 1. The van der Waals surface area contributed by atoms with Crippen molar-refractivity contribution in [1.82, 2.24) is 10.2 Å². The first kappa shape index (κ1) is 15.2. The van der Waals surface area contributed by atoms with Crippen LogP contribution in [0.4, 0.5) is 0 Å². The maximum Gasteiger partial charge on any atom is 0.267 e. The molecule has 1 unspecified atom stereocenters. The van der Waals surface area contributed by atoms with Crippen molar-refractivity contribution in [2.24, 2.45) is 0 Å². The summed E-state index contributed by atoms with van der Waals surface area (Å²) in [5.41, 5.74) is 0. The van der Waals surface area contributed by atoms with E-state index >= 15 is 0 Å². The first-order chi connectivity index (χ1) is 10.8. The lowest BCUT2D eigenvalue weighted by Crippen LogP contribution is -2.53. The third-order valence-electron chi connectivity index (χ3n) is 4.28.